The summed E-state index contributed by atoms with van der Waals surface area (Å²) < 4.78 is 38.9. The minimum Gasteiger partial charge on any atom is -0.326 e. The number of benzene rings is 2. The zero-order valence-electron chi connectivity index (χ0n) is 15.8. The maximum absolute atomic E-state index is 13.0. The first-order chi connectivity index (χ1) is 14.7. The third-order valence-electron chi connectivity index (χ3n) is 4.84. The summed E-state index contributed by atoms with van der Waals surface area (Å²) in [7, 11) is 0. The first-order valence-electron chi connectivity index (χ1n) is 9.20. The third-order valence-corrected chi connectivity index (χ3v) is 6.12. The predicted molar refractivity (Wildman–Crippen MR) is 112 cm³/mol. The van der Waals surface area contributed by atoms with E-state index in [0.717, 1.165) is 23.5 Å². The fraction of sp³-hybridized carbons (Fsp3) is 0.190. The fourth-order valence-corrected chi connectivity index (χ4v) is 4.38. The van der Waals surface area contributed by atoms with Gasteiger partial charge in [0.2, 0.25) is 11.8 Å². The molecular weight excluding hydrogens is 451 g/mol. The van der Waals surface area contributed by atoms with Crippen LogP contribution in [0.25, 0.3) is 0 Å². The number of hydrogen-bond acceptors (Lipinski definition) is 4. The van der Waals surface area contributed by atoms with Gasteiger partial charge < -0.3 is 10.6 Å². The van der Waals surface area contributed by atoms with E-state index in [4.69, 9.17) is 11.6 Å². The number of nitrogens with one attached hydrogen (secondary N) is 2. The number of fused-ring (bicyclic) bond motifs is 1. The van der Waals surface area contributed by atoms with E-state index in [1.807, 2.05) is 0 Å². The SMILES string of the molecule is O=C1CC(C(=O)Nc2ncc(Cc3cc(C(F)(F)F)ccc3Cl)s2)c2ccccc2N1. The highest BCUT2D eigenvalue weighted by Gasteiger charge is 2.32. The van der Waals surface area contributed by atoms with Crippen molar-refractivity contribution in [2.45, 2.75) is 24.9 Å². The van der Waals surface area contributed by atoms with Crippen molar-refractivity contribution in [2.24, 2.45) is 0 Å². The van der Waals surface area contributed by atoms with E-state index in [1.54, 1.807) is 24.3 Å². The monoisotopic (exact) mass is 465 g/mol. The van der Waals surface area contributed by atoms with Crippen molar-refractivity contribution in [1.82, 2.24) is 4.98 Å². The number of alkyl halides is 3. The van der Waals surface area contributed by atoms with Gasteiger partial charge in [-0.2, -0.15) is 13.2 Å². The molecule has 2 aromatic carbocycles. The lowest BCUT2D eigenvalue weighted by molar-refractivity contribution is -0.137. The molecule has 2 heterocycles. The smallest absolute Gasteiger partial charge is 0.326 e. The second-order valence-electron chi connectivity index (χ2n) is 6.99. The van der Waals surface area contributed by atoms with E-state index >= 15 is 0 Å². The van der Waals surface area contributed by atoms with Gasteiger partial charge in [-0.05, 0) is 35.4 Å². The molecule has 0 aliphatic carbocycles. The van der Waals surface area contributed by atoms with Gasteiger partial charge in [0.1, 0.15) is 0 Å². The van der Waals surface area contributed by atoms with Crippen molar-refractivity contribution in [1.29, 1.82) is 0 Å². The van der Waals surface area contributed by atoms with Crippen molar-refractivity contribution < 1.29 is 22.8 Å². The Hall–Kier alpha value is -2.91. The molecule has 2 N–H and O–H groups in total. The molecule has 31 heavy (non-hydrogen) atoms. The number of carbonyl (C=O) groups is 2. The van der Waals surface area contributed by atoms with Gasteiger partial charge in [0.05, 0.1) is 11.5 Å². The average Bonchev–Trinajstić information content (AvgIpc) is 3.14. The van der Waals surface area contributed by atoms with Crippen LogP contribution in [0.3, 0.4) is 0 Å². The van der Waals surface area contributed by atoms with Crippen LogP contribution in [0.1, 0.15) is 33.9 Å². The number of nitrogens with zero attached hydrogens (tertiary/aromatic N) is 1. The number of anilines is 2. The number of aromatic nitrogens is 1. The van der Waals surface area contributed by atoms with Crippen molar-refractivity contribution >= 4 is 45.6 Å². The number of hydrogen-bond donors (Lipinski definition) is 2. The molecule has 4 rings (SSSR count). The lowest BCUT2D eigenvalue weighted by Crippen LogP contribution is -2.30. The van der Waals surface area contributed by atoms with Crippen LogP contribution < -0.4 is 10.6 Å². The number of carbonyl (C=O) groups excluding carboxylic acids is 2. The van der Waals surface area contributed by atoms with Crippen LogP contribution in [0.4, 0.5) is 24.0 Å². The Morgan fingerprint density at radius 2 is 2.03 bits per heavy atom. The quantitative estimate of drug-likeness (QED) is 0.536. The normalized spacial score (nSPS) is 15.9. The van der Waals surface area contributed by atoms with Gasteiger partial charge in [0, 0.05) is 34.6 Å². The zero-order chi connectivity index (χ0) is 22.2. The largest absolute Gasteiger partial charge is 0.416 e. The summed E-state index contributed by atoms with van der Waals surface area (Å²) in [4.78, 5) is 29.5. The highest BCUT2D eigenvalue weighted by molar-refractivity contribution is 7.15. The molecule has 1 aliphatic rings. The predicted octanol–water partition coefficient (Wildman–Crippen LogP) is 5.47. The Bertz CT molecular complexity index is 1160. The number of amides is 2. The van der Waals surface area contributed by atoms with E-state index in [9.17, 15) is 22.8 Å². The molecule has 1 unspecified atom stereocenters. The number of halogens is 4. The lowest BCUT2D eigenvalue weighted by atomic mass is 9.90. The van der Waals surface area contributed by atoms with Gasteiger partial charge in [-0.25, -0.2) is 4.98 Å². The summed E-state index contributed by atoms with van der Waals surface area (Å²) >= 11 is 7.20. The fourth-order valence-electron chi connectivity index (χ4n) is 3.36. The van der Waals surface area contributed by atoms with Crippen LogP contribution in [0.2, 0.25) is 5.02 Å². The molecule has 0 radical (unpaired) electrons. The number of rotatable bonds is 4. The highest BCUT2D eigenvalue weighted by atomic mass is 35.5. The molecular formula is C21H15ClF3N3O2S. The van der Waals surface area contributed by atoms with Gasteiger partial charge in [-0.1, -0.05) is 29.8 Å². The average molecular weight is 466 g/mol. The Morgan fingerprint density at radius 3 is 2.81 bits per heavy atom. The van der Waals surface area contributed by atoms with Crippen LogP contribution >= 0.6 is 22.9 Å². The van der Waals surface area contributed by atoms with Gasteiger partial charge in [0.15, 0.2) is 5.13 Å². The summed E-state index contributed by atoms with van der Waals surface area (Å²) in [6.45, 7) is 0. The van der Waals surface area contributed by atoms with Crippen LogP contribution in [-0.4, -0.2) is 16.8 Å². The molecule has 2 amide bonds. The first kappa shape index (κ1) is 21.3. The van der Waals surface area contributed by atoms with Crippen molar-refractivity contribution in [3.05, 3.63) is 75.3 Å². The molecule has 0 spiro atoms. The molecule has 1 aliphatic heterocycles. The molecule has 0 saturated carbocycles. The Labute approximate surface area is 184 Å². The van der Waals surface area contributed by atoms with Gasteiger partial charge in [-0.3, -0.25) is 9.59 Å². The van der Waals surface area contributed by atoms with Crippen LogP contribution in [-0.2, 0) is 22.2 Å². The molecule has 5 nitrogen and oxygen atoms in total. The van der Waals surface area contributed by atoms with E-state index < -0.39 is 17.7 Å². The molecule has 1 atom stereocenters. The molecule has 3 aromatic rings. The minimum atomic E-state index is -4.46. The van der Waals surface area contributed by atoms with Gasteiger partial charge in [-0.15, -0.1) is 11.3 Å². The highest BCUT2D eigenvalue weighted by Crippen LogP contribution is 2.35. The number of para-hydroxylation sites is 1. The number of thiazole rings is 1. The van der Waals surface area contributed by atoms with Gasteiger partial charge in [0.25, 0.3) is 0 Å². The molecule has 10 heteroatoms. The van der Waals surface area contributed by atoms with E-state index in [0.29, 0.717) is 26.8 Å². The second-order valence-corrected chi connectivity index (χ2v) is 8.52. The van der Waals surface area contributed by atoms with Crippen LogP contribution in [0.5, 0.6) is 0 Å². The molecule has 0 fully saturated rings. The Kier molecular flexibility index (Phi) is 5.72. The summed E-state index contributed by atoms with van der Waals surface area (Å²) in [6, 6.07) is 10.2. The second kappa shape index (κ2) is 8.32. The van der Waals surface area contributed by atoms with Gasteiger partial charge >= 0.3 is 6.18 Å². The summed E-state index contributed by atoms with van der Waals surface area (Å²) in [5.74, 6) is -1.28. The summed E-state index contributed by atoms with van der Waals surface area (Å²) in [6.07, 6.45) is -2.82. The topological polar surface area (TPSA) is 71.1 Å². The van der Waals surface area contributed by atoms with Crippen molar-refractivity contribution in [3.63, 3.8) is 0 Å². The van der Waals surface area contributed by atoms with E-state index in [-0.39, 0.29) is 29.7 Å². The third kappa shape index (κ3) is 4.72. The molecule has 160 valence electrons. The Balaban J connectivity index is 1.49. The standard InChI is InChI=1S/C21H15ClF3N3O2S/c22-16-6-5-12(21(23,24)25)7-11(16)8-13-10-26-20(31-13)28-19(30)15-9-18(29)27-17-4-2-1-3-14(15)17/h1-7,10,15H,8-9H2,(H,27,29)(H,26,28,30). The molecule has 1 aromatic heterocycles. The summed E-state index contributed by atoms with van der Waals surface area (Å²) in [5.41, 5.74) is 0.847. The maximum Gasteiger partial charge on any atom is 0.416 e. The first-order valence-corrected chi connectivity index (χ1v) is 10.4. The maximum atomic E-state index is 13.0. The van der Waals surface area contributed by atoms with Crippen molar-refractivity contribution in [2.75, 3.05) is 10.6 Å². The van der Waals surface area contributed by atoms with Crippen LogP contribution in [0, 0.1) is 0 Å². The van der Waals surface area contributed by atoms with E-state index in [1.165, 1.54) is 12.3 Å². The van der Waals surface area contributed by atoms with Crippen LogP contribution in [0.15, 0.2) is 48.7 Å². The van der Waals surface area contributed by atoms with E-state index in [2.05, 4.69) is 15.6 Å². The Morgan fingerprint density at radius 1 is 1.26 bits per heavy atom. The van der Waals surface area contributed by atoms with Crippen molar-refractivity contribution in [3.8, 4) is 0 Å². The molecule has 0 saturated heterocycles. The summed E-state index contributed by atoms with van der Waals surface area (Å²) in [5, 5.41) is 5.96. The minimum absolute atomic E-state index is 0.0148. The zero-order valence-corrected chi connectivity index (χ0v) is 17.4. The molecule has 0 bridgehead atoms. The lowest BCUT2D eigenvalue weighted by Gasteiger charge is -2.24.